The summed E-state index contributed by atoms with van der Waals surface area (Å²) < 4.78 is 6.43. The molecule has 0 radical (unpaired) electrons. The van der Waals surface area contributed by atoms with E-state index in [0.29, 0.717) is 12.2 Å². The van der Waals surface area contributed by atoms with Gasteiger partial charge in [0.15, 0.2) is 0 Å². The zero-order chi connectivity index (χ0) is 17.7. The molecule has 1 aliphatic carbocycles. The predicted octanol–water partition coefficient (Wildman–Crippen LogP) is 4.86. The van der Waals surface area contributed by atoms with Crippen LogP contribution in [-0.2, 0) is 0 Å². The summed E-state index contributed by atoms with van der Waals surface area (Å²) in [7, 11) is 0. The van der Waals surface area contributed by atoms with Gasteiger partial charge in [-0.1, -0.05) is 48.0 Å². The van der Waals surface area contributed by atoms with Gasteiger partial charge in [-0.2, -0.15) is 5.10 Å². The molecule has 0 bridgehead atoms. The van der Waals surface area contributed by atoms with E-state index in [1.54, 1.807) is 0 Å². The lowest BCUT2D eigenvalue weighted by Crippen LogP contribution is -2.53. The number of hydrazone groups is 1. The van der Waals surface area contributed by atoms with Gasteiger partial charge in [0, 0.05) is 30.9 Å². The molecule has 0 saturated carbocycles. The van der Waals surface area contributed by atoms with Crippen molar-refractivity contribution in [2.24, 2.45) is 5.10 Å². The number of hydrogen-bond acceptors (Lipinski definition) is 4. The molecule has 4 nitrogen and oxygen atoms in total. The fourth-order valence-electron chi connectivity index (χ4n) is 4.30. The molecule has 0 unspecified atom stereocenters. The molecule has 2 aromatic rings. The van der Waals surface area contributed by atoms with E-state index in [1.165, 1.54) is 11.1 Å². The molecule has 1 N–H and O–H groups in total. The third-order valence-electron chi connectivity index (χ3n) is 5.61. The SMILES string of the molecule is Cc1ccc(C2=NN3[C@H](C2)c2ccccc2O[C@@]32C=C(O)CCC2)cc1. The van der Waals surface area contributed by atoms with Gasteiger partial charge in [-0.3, -0.25) is 0 Å². The average molecular weight is 346 g/mol. The Morgan fingerprint density at radius 3 is 2.77 bits per heavy atom. The summed E-state index contributed by atoms with van der Waals surface area (Å²) in [5.74, 6) is 1.30. The summed E-state index contributed by atoms with van der Waals surface area (Å²) in [6.45, 7) is 2.10. The first-order chi connectivity index (χ1) is 12.6. The fraction of sp³-hybridized carbons (Fsp3) is 0.318. The first kappa shape index (κ1) is 15.5. The topological polar surface area (TPSA) is 45.1 Å². The lowest BCUT2D eigenvalue weighted by atomic mass is 9.90. The van der Waals surface area contributed by atoms with Crippen LogP contribution < -0.4 is 4.74 Å². The highest BCUT2D eigenvalue weighted by atomic mass is 16.5. The van der Waals surface area contributed by atoms with E-state index in [1.807, 2.05) is 18.2 Å². The normalized spacial score (nSPS) is 26.7. The molecule has 5 rings (SSSR count). The van der Waals surface area contributed by atoms with E-state index in [2.05, 4.69) is 48.3 Å². The monoisotopic (exact) mass is 346 g/mol. The molecule has 2 aliphatic heterocycles. The van der Waals surface area contributed by atoms with Gasteiger partial charge in [-0.15, -0.1) is 0 Å². The Labute approximate surface area is 153 Å². The van der Waals surface area contributed by atoms with Crippen LogP contribution in [0.2, 0.25) is 0 Å². The standard InChI is InChI=1S/C22H22N2O2/c1-15-8-10-16(11-9-15)19-13-20-18-6-2-3-7-21(18)26-22(24(20)23-19)12-4-5-17(25)14-22/h2-3,6-11,14,20,25H,4-5,12-13H2,1H3/t20-,22+/m1/s1. The maximum Gasteiger partial charge on any atom is 0.220 e. The van der Waals surface area contributed by atoms with Gasteiger partial charge in [0.1, 0.15) is 5.75 Å². The summed E-state index contributed by atoms with van der Waals surface area (Å²) in [5, 5.41) is 17.3. The summed E-state index contributed by atoms with van der Waals surface area (Å²) in [5.41, 5.74) is 3.96. The number of nitrogens with zero attached hydrogens (tertiary/aromatic N) is 2. The van der Waals surface area contributed by atoms with Crippen LogP contribution in [0.25, 0.3) is 0 Å². The summed E-state index contributed by atoms with van der Waals surface area (Å²) >= 11 is 0. The predicted molar refractivity (Wildman–Crippen MR) is 101 cm³/mol. The number of benzene rings is 2. The Morgan fingerprint density at radius 1 is 1.15 bits per heavy atom. The first-order valence-corrected chi connectivity index (χ1v) is 9.27. The molecule has 4 heteroatoms. The Hall–Kier alpha value is -2.75. The Bertz CT molecular complexity index is 916. The fourth-order valence-corrected chi connectivity index (χ4v) is 4.30. The molecule has 0 saturated heterocycles. The van der Waals surface area contributed by atoms with Crippen molar-refractivity contribution in [3.63, 3.8) is 0 Å². The minimum absolute atomic E-state index is 0.137. The second-order valence-electron chi connectivity index (χ2n) is 7.45. The van der Waals surface area contributed by atoms with E-state index < -0.39 is 5.72 Å². The molecule has 132 valence electrons. The number of hydrogen-bond donors (Lipinski definition) is 1. The molecule has 0 amide bonds. The van der Waals surface area contributed by atoms with Crippen molar-refractivity contribution >= 4 is 5.71 Å². The molecule has 3 aliphatic rings. The minimum Gasteiger partial charge on any atom is -0.512 e. The number of aliphatic hydroxyl groups is 1. The zero-order valence-corrected chi connectivity index (χ0v) is 14.9. The van der Waals surface area contributed by atoms with E-state index in [9.17, 15) is 5.11 Å². The van der Waals surface area contributed by atoms with Gasteiger partial charge in [-0.05, 0) is 25.0 Å². The Balaban J connectivity index is 1.63. The number of aliphatic hydroxyl groups excluding tert-OH is 1. The van der Waals surface area contributed by atoms with Gasteiger partial charge >= 0.3 is 0 Å². The molecule has 2 aromatic carbocycles. The quantitative estimate of drug-likeness (QED) is 0.802. The van der Waals surface area contributed by atoms with Crippen LogP contribution in [0.3, 0.4) is 0 Å². The molecular weight excluding hydrogens is 324 g/mol. The van der Waals surface area contributed by atoms with E-state index >= 15 is 0 Å². The van der Waals surface area contributed by atoms with E-state index in [0.717, 1.165) is 36.3 Å². The molecule has 1 spiro atoms. The zero-order valence-electron chi connectivity index (χ0n) is 14.9. The van der Waals surface area contributed by atoms with Crippen LogP contribution in [0.1, 0.15) is 48.4 Å². The van der Waals surface area contributed by atoms with Gasteiger partial charge < -0.3 is 9.84 Å². The highest BCUT2D eigenvalue weighted by Gasteiger charge is 2.50. The summed E-state index contributed by atoms with van der Waals surface area (Å²) in [6, 6.07) is 16.9. The van der Waals surface area contributed by atoms with Crippen LogP contribution in [0, 0.1) is 6.92 Å². The molecule has 2 atom stereocenters. The minimum atomic E-state index is -0.687. The maximum atomic E-state index is 10.2. The second-order valence-corrected chi connectivity index (χ2v) is 7.45. The molecule has 0 aromatic heterocycles. The van der Waals surface area contributed by atoms with E-state index in [4.69, 9.17) is 9.84 Å². The molecular formula is C22H22N2O2. The van der Waals surface area contributed by atoms with Gasteiger partial charge in [0.25, 0.3) is 0 Å². The first-order valence-electron chi connectivity index (χ1n) is 9.27. The highest BCUT2D eigenvalue weighted by Crippen LogP contribution is 2.50. The highest BCUT2D eigenvalue weighted by molar-refractivity contribution is 6.02. The van der Waals surface area contributed by atoms with Gasteiger partial charge in [0.2, 0.25) is 5.72 Å². The maximum absolute atomic E-state index is 10.2. The number of ether oxygens (including phenoxy) is 1. The molecule has 26 heavy (non-hydrogen) atoms. The summed E-state index contributed by atoms with van der Waals surface area (Å²) in [4.78, 5) is 0. The van der Waals surface area contributed by atoms with Crippen molar-refractivity contribution < 1.29 is 9.84 Å². The van der Waals surface area contributed by atoms with Crippen molar-refractivity contribution in [3.05, 3.63) is 77.1 Å². The van der Waals surface area contributed by atoms with Crippen LogP contribution in [0.5, 0.6) is 5.75 Å². The van der Waals surface area contributed by atoms with Crippen molar-refractivity contribution in [3.8, 4) is 5.75 Å². The van der Waals surface area contributed by atoms with E-state index in [-0.39, 0.29) is 6.04 Å². The Morgan fingerprint density at radius 2 is 1.96 bits per heavy atom. The average Bonchev–Trinajstić information content (AvgIpc) is 3.09. The van der Waals surface area contributed by atoms with Crippen molar-refractivity contribution in [2.75, 3.05) is 0 Å². The van der Waals surface area contributed by atoms with Crippen LogP contribution >= 0.6 is 0 Å². The van der Waals surface area contributed by atoms with Crippen LogP contribution in [-0.4, -0.2) is 21.6 Å². The third-order valence-corrected chi connectivity index (χ3v) is 5.61. The van der Waals surface area contributed by atoms with Crippen molar-refractivity contribution in [1.29, 1.82) is 0 Å². The number of fused-ring (bicyclic) bond motifs is 4. The molecule has 0 fully saturated rings. The smallest absolute Gasteiger partial charge is 0.220 e. The number of rotatable bonds is 1. The van der Waals surface area contributed by atoms with Crippen LogP contribution in [0.15, 0.2) is 65.5 Å². The van der Waals surface area contributed by atoms with Gasteiger partial charge in [0.05, 0.1) is 17.5 Å². The largest absolute Gasteiger partial charge is 0.512 e. The van der Waals surface area contributed by atoms with Crippen molar-refractivity contribution in [2.45, 2.75) is 44.4 Å². The second kappa shape index (κ2) is 5.63. The third kappa shape index (κ3) is 2.32. The number of para-hydroxylation sites is 1. The van der Waals surface area contributed by atoms with Crippen LogP contribution in [0.4, 0.5) is 0 Å². The lowest BCUT2D eigenvalue weighted by Gasteiger charge is -2.47. The Kier molecular flexibility index (Phi) is 3.36. The lowest BCUT2D eigenvalue weighted by molar-refractivity contribution is -0.0944. The van der Waals surface area contributed by atoms with Gasteiger partial charge in [-0.25, -0.2) is 5.01 Å². The number of aryl methyl sites for hydroxylation is 1. The summed E-state index contributed by atoms with van der Waals surface area (Å²) in [6.07, 6.45) is 5.14. The number of allylic oxidation sites excluding steroid dienone is 1. The van der Waals surface area contributed by atoms with Crippen molar-refractivity contribution in [1.82, 2.24) is 5.01 Å². The molecule has 2 heterocycles.